The summed E-state index contributed by atoms with van der Waals surface area (Å²) in [4.78, 5) is 8.57. The van der Waals surface area contributed by atoms with E-state index in [4.69, 9.17) is 10.3 Å². The van der Waals surface area contributed by atoms with E-state index in [0.29, 0.717) is 18.3 Å². The van der Waals surface area contributed by atoms with Crippen molar-refractivity contribution in [1.29, 1.82) is 0 Å². The molecule has 2 aromatic rings. The fourth-order valence-electron chi connectivity index (χ4n) is 3.01. The molecule has 1 aliphatic rings. The molecule has 114 valence electrons. The van der Waals surface area contributed by atoms with Crippen molar-refractivity contribution in [3.8, 4) is 11.4 Å². The lowest BCUT2D eigenvalue weighted by Gasteiger charge is -2.34. The maximum atomic E-state index is 6.00. The Balaban J connectivity index is 0.00000161. The van der Waals surface area contributed by atoms with Gasteiger partial charge >= 0.3 is 0 Å². The van der Waals surface area contributed by atoms with Gasteiger partial charge in [0.25, 0.3) is 0 Å². The van der Waals surface area contributed by atoms with Crippen molar-refractivity contribution >= 4 is 12.4 Å². The zero-order chi connectivity index (χ0) is 13.8. The number of halogens is 1. The van der Waals surface area contributed by atoms with E-state index in [9.17, 15) is 0 Å². The number of nitrogens with two attached hydrogens (primary N) is 1. The predicted molar refractivity (Wildman–Crippen MR) is 83.1 cm³/mol. The Hall–Kier alpha value is -1.46. The highest BCUT2D eigenvalue weighted by molar-refractivity contribution is 5.85. The highest BCUT2D eigenvalue weighted by Gasteiger charge is 2.32. The lowest BCUT2D eigenvalue weighted by atomic mass is 9.72. The van der Waals surface area contributed by atoms with Gasteiger partial charge in [-0.15, -0.1) is 12.4 Å². The molecule has 0 atom stereocenters. The summed E-state index contributed by atoms with van der Waals surface area (Å²) in [6.45, 7) is 0.692. The van der Waals surface area contributed by atoms with Crippen LogP contribution in [0.15, 0.2) is 29.0 Å². The SMILES string of the molecule is Cl.NCC1(Cc2nc(-c3cccnc3)no2)CCCCC1. The minimum Gasteiger partial charge on any atom is -0.339 e. The normalized spacial score (nSPS) is 17.2. The number of rotatable bonds is 4. The molecule has 1 saturated carbocycles. The third-order valence-corrected chi connectivity index (χ3v) is 4.26. The van der Waals surface area contributed by atoms with Crippen LogP contribution in [0.1, 0.15) is 38.0 Å². The van der Waals surface area contributed by atoms with Crippen LogP contribution in [0.25, 0.3) is 11.4 Å². The van der Waals surface area contributed by atoms with E-state index in [1.807, 2.05) is 12.1 Å². The number of hydrogen-bond acceptors (Lipinski definition) is 5. The van der Waals surface area contributed by atoms with Crippen LogP contribution in [0, 0.1) is 5.41 Å². The zero-order valence-corrected chi connectivity index (χ0v) is 12.8. The van der Waals surface area contributed by atoms with E-state index in [1.165, 1.54) is 19.3 Å². The molecule has 0 aromatic carbocycles. The Morgan fingerprint density at radius 1 is 1.24 bits per heavy atom. The second-order valence-electron chi connectivity index (χ2n) is 5.69. The largest absolute Gasteiger partial charge is 0.339 e. The molecular weight excluding hydrogens is 288 g/mol. The second kappa shape index (κ2) is 7.00. The highest BCUT2D eigenvalue weighted by Crippen LogP contribution is 2.38. The minimum atomic E-state index is 0. The van der Waals surface area contributed by atoms with Crippen LogP contribution in [-0.4, -0.2) is 21.7 Å². The summed E-state index contributed by atoms with van der Waals surface area (Å²) in [7, 11) is 0. The lowest BCUT2D eigenvalue weighted by Crippen LogP contribution is -2.35. The topological polar surface area (TPSA) is 77.8 Å². The van der Waals surface area contributed by atoms with Crippen LogP contribution in [0.3, 0.4) is 0 Å². The van der Waals surface area contributed by atoms with Gasteiger partial charge in [0.15, 0.2) is 0 Å². The summed E-state index contributed by atoms with van der Waals surface area (Å²) in [5, 5.41) is 4.05. The molecule has 5 nitrogen and oxygen atoms in total. The van der Waals surface area contributed by atoms with Crippen molar-refractivity contribution in [2.75, 3.05) is 6.54 Å². The molecule has 0 saturated heterocycles. The molecule has 6 heteroatoms. The maximum absolute atomic E-state index is 6.00. The standard InChI is InChI=1S/C15H20N4O.ClH/c16-11-15(6-2-1-3-7-15)9-13-18-14(19-20-13)12-5-4-8-17-10-12;/h4-5,8,10H,1-3,6-7,9,11,16H2;1H. The van der Waals surface area contributed by atoms with Crippen molar-refractivity contribution in [3.05, 3.63) is 30.4 Å². The Morgan fingerprint density at radius 3 is 2.71 bits per heavy atom. The quantitative estimate of drug-likeness (QED) is 0.939. The van der Waals surface area contributed by atoms with Gasteiger partial charge in [-0.3, -0.25) is 4.98 Å². The molecule has 0 unspecified atom stereocenters. The number of nitrogens with zero attached hydrogens (tertiary/aromatic N) is 3. The van der Waals surface area contributed by atoms with Gasteiger partial charge in [-0.2, -0.15) is 4.98 Å². The number of aromatic nitrogens is 3. The van der Waals surface area contributed by atoms with Crippen LogP contribution in [-0.2, 0) is 6.42 Å². The molecule has 21 heavy (non-hydrogen) atoms. The Morgan fingerprint density at radius 2 is 2.05 bits per heavy atom. The first-order valence-corrected chi connectivity index (χ1v) is 7.24. The molecular formula is C15H21ClN4O. The van der Waals surface area contributed by atoms with Gasteiger partial charge in [-0.05, 0) is 36.9 Å². The minimum absolute atomic E-state index is 0. The second-order valence-corrected chi connectivity index (χ2v) is 5.69. The van der Waals surface area contributed by atoms with E-state index >= 15 is 0 Å². The smallest absolute Gasteiger partial charge is 0.227 e. The Kier molecular flexibility index (Phi) is 5.31. The van der Waals surface area contributed by atoms with Crippen LogP contribution >= 0.6 is 12.4 Å². The van der Waals surface area contributed by atoms with Gasteiger partial charge in [0.2, 0.25) is 11.7 Å². The molecule has 0 bridgehead atoms. The highest BCUT2D eigenvalue weighted by atomic mass is 35.5. The fourth-order valence-corrected chi connectivity index (χ4v) is 3.01. The first kappa shape index (κ1) is 15.9. The maximum Gasteiger partial charge on any atom is 0.227 e. The molecule has 3 rings (SSSR count). The van der Waals surface area contributed by atoms with Crippen molar-refractivity contribution in [3.63, 3.8) is 0 Å². The molecule has 0 aliphatic heterocycles. The van der Waals surface area contributed by atoms with Gasteiger partial charge in [-0.25, -0.2) is 0 Å². The van der Waals surface area contributed by atoms with Crippen LogP contribution < -0.4 is 5.73 Å². The summed E-state index contributed by atoms with van der Waals surface area (Å²) >= 11 is 0. The molecule has 1 aliphatic carbocycles. The van der Waals surface area contributed by atoms with E-state index in [2.05, 4.69) is 15.1 Å². The van der Waals surface area contributed by atoms with Gasteiger partial charge in [-0.1, -0.05) is 24.4 Å². The summed E-state index contributed by atoms with van der Waals surface area (Å²) in [6.07, 6.45) is 10.4. The van der Waals surface area contributed by atoms with Crippen LogP contribution in [0.2, 0.25) is 0 Å². The number of hydrogen-bond donors (Lipinski definition) is 1. The van der Waals surface area contributed by atoms with E-state index in [1.54, 1.807) is 12.4 Å². The van der Waals surface area contributed by atoms with Crippen molar-refractivity contribution < 1.29 is 4.52 Å². The first-order valence-electron chi connectivity index (χ1n) is 7.24. The van der Waals surface area contributed by atoms with Crippen molar-refractivity contribution in [2.45, 2.75) is 38.5 Å². The Labute approximate surface area is 130 Å². The number of pyridine rings is 1. The third-order valence-electron chi connectivity index (χ3n) is 4.26. The summed E-state index contributed by atoms with van der Waals surface area (Å²) in [5.41, 5.74) is 7.04. The molecule has 2 N–H and O–H groups in total. The average molecular weight is 309 g/mol. The molecule has 0 spiro atoms. The molecule has 2 heterocycles. The first-order chi connectivity index (χ1) is 9.81. The molecule has 1 fully saturated rings. The van der Waals surface area contributed by atoms with E-state index in [-0.39, 0.29) is 17.8 Å². The predicted octanol–water partition coefficient (Wildman–Crippen LogP) is 3.01. The molecule has 2 aromatic heterocycles. The third kappa shape index (κ3) is 3.60. The average Bonchev–Trinajstić information content (AvgIpc) is 2.97. The zero-order valence-electron chi connectivity index (χ0n) is 12.0. The summed E-state index contributed by atoms with van der Waals surface area (Å²) < 4.78 is 5.40. The van der Waals surface area contributed by atoms with E-state index < -0.39 is 0 Å². The van der Waals surface area contributed by atoms with Gasteiger partial charge in [0.05, 0.1) is 0 Å². The van der Waals surface area contributed by atoms with Crippen molar-refractivity contribution in [1.82, 2.24) is 15.1 Å². The van der Waals surface area contributed by atoms with Gasteiger partial charge in [0.1, 0.15) is 0 Å². The van der Waals surface area contributed by atoms with Gasteiger partial charge < -0.3 is 10.3 Å². The Bertz CT molecular complexity index is 552. The summed E-state index contributed by atoms with van der Waals surface area (Å²) in [6, 6.07) is 3.80. The monoisotopic (exact) mass is 308 g/mol. The van der Waals surface area contributed by atoms with Gasteiger partial charge in [0, 0.05) is 24.4 Å². The summed E-state index contributed by atoms with van der Waals surface area (Å²) in [5.74, 6) is 1.30. The lowest BCUT2D eigenvalue weighted by molar-refractivity contribution is 0.177. The molecule has 0 radical (unpaired) electrons. The van der Waals surface area contributed by atoms with Crippen molar-refractivity contribution in [2.24, 2.45) is 11.1 Å². The van der Waals surface area contributed by atoms with E-state index in [0.717, 1.165) is 24.8 Å². The van der Waals surface area contributed by atoms with Crippen LogP contribution in [0.4, 0.5) is 0 Å². The fraction of sp³-hybridized carbons (Fsp3) is 0.533. The van der Waals surface area contributed by atoms with Crippen LogP contribution in [0.5, 0.6) is 0 Å². The molecule has 0 amide bonds.